The van der Waals surface area contributed by atoms with Crippen molar-refractivity contribution in [1.29, 1.82) is 0 Å². The fourth-order valence-electron chi connectivity index (χ4n) is 2.68. The highest BCUT2D eigenvalue weighted by atomic mass is 16.5. The Morgan fingerprint density at radius 2 is 1.59 bits per heavy atom. The average molecular weight is 373 g/mol. The molecule has 0 bridgehead atoms. The summed E-state index contributed by atoms with van der Waals surface area (Å²) in [5.74, 6) is -1.05. The average Bonchev–Trinajstić information content (AvgIpc) is 2.70. The predicted octanol–water partition coefficient (Wildman–Crippen LogP) is 2.39. The molecule has 7 heteroatoms. The van der Waals surface area contributed by atoms with Gasteiger partial charge < -0.3 is 24.6 Å². The summed E-state index contributed by atoms with van der Waals surface area (Å²) in [5, 5.41) is 12.1. The molecule has 1 amide bonds. The van der Waals surface area contributed by atoms with E-state index in [0.29, 0.717) is 23.7 Å². The first-order valence-electron chi connectivity index (χ1n) is 8.35. The first kappa shape index (κ1) is 20.1. The number of nitrogens with one attached hydrogen (secondary N) is 1. The Hall–Kier alpha value is -3.22. The zero-order valence-corrected chi connectivity index (χ0v) is 15.5. The largest absolute Gasteiger partial charge is 0.493 e. The van der Waals surface area contributed by atoms with Crippen molar-refractivity contribution in [3.05, 3.63) is 53.6 Å². The number of hydrogen-bond acceptors (Lipinski definition) is 5. The fraction of sp³-hybridized carbons (Fsp3) is 0.300. The van der Waals surface area contributed by atoms with Crippen LogP contribution in [-0.4, -0.2) is 44.9 Å². The Morgan fingerprint density at radius 1 is 1.00 bits per heavy atom. The molecule has 1 atom stereocenters. The second kappa shape index (κ2) is 9.47. The molecular formula is C20H23NO6. The van der Waals surface area contributed by atoms with Gasteiger partial charge in [0.2, 0.25) is 5.75 Å². The molecule has 0 spiro atoms. The lowest BCUT2D eigenvalue weighted by molar-refractivity contribution is -0.141. The van der Waals surface area contributed by atoms with Crippen LogP contribution in [0.2, 0.25) is 0 Å². The summed E-state index contributed by atoms with van der Waals surface area (Å²) < 4.78 is 15.7. The third-order valence-electron chi connectivity index (χ3n) is 4.11. The number of hydrogen-bond donors (Lipinski definition) is 2. The smallest absolute Gasteiger partial charge is 0.308 e. The van der Waals surface area contributed by atoms with Gasteiger partial charge in [0.1, 0.15) is 0 Å². The molecule has 2 aromatic rings. The molecule has 0 saturated heterocycles. The lowest BCUT2D eigenvalue weighted by Gasteiger charge is -2.16. The van der Waals surface area contributed by atoms with Crippen molar-refractivity contribution < 1.29 is 28.9 Å². The number of carbonyl (C=O) groups is 2. The summed E-state index contributed by atoms with van der Waals surface area (Å²) in [6.07, 6.45) is 0.325. The normalized spacial score (nSPS) is 11.4. The standard InChI is InChI=1S/C20H23NO6/c1-25-16-10-14(11-17(26-2)18(16)27-3)19(22)21-12-15(20(23)24)9-13-7-5-4-6-8-13/h4-8,10-11,15H,9,12H2,1-3H3,(H,21,22)(H,23,24). The van der Waals surface area contributed by atoms with Gasteiger partial charge in [-0.15, -0.1) is 0 Å². The molecule has 1 unspecified atom stereocenters. The molecular weight excluding hydrogens is 350 g/mol. The quantitative estimate of drug-likeness (QED) is 0.701. The summed E-state index contributed by atoms with van der Waals surface area (Å²) in [5.41, 5.74) is 1.18. The number of methoxy groups -OCH3 is 3. The maximum Gasteiger partial charge on any atom is 0.308 e. The van der Waals surface area contributed by atoms with Crippen LogP contribution in [0.3, 0.4) is 0 Å². The van der Waals surface area contributed by atoms with Gasteiger partial charge >= 0.3 is 5.97 Å². The Bertz CT molecular complexity index is 765. The predicted molar refractivity (Wildman–Crippen MR) is 99.7 cm³/mol. The maximum absolute atomic E-state index is 12.5. The first-order chi connectivity index (χ1) is 13.0. The molecule has 2 rings (SSSR count). The van der Waals surface area contributed by atoms with Crippen LogP contribution in [0, 0.1) is 5.92 Å². The monoisotopic (exact) mass is 373 g/mol. The molecule has 0 saturated carbocycles. The van der Waals surface area contributed by atoms with E-state index in [0.717, 1.165) is 5.56 Å². The van der Waals surface area contributed by atoms with E-state index in [1.54, 1.807) is 0 Å². The van der Waals surface area contributed by atoms with Crippen molar-refractivity contribution in [1.82, 2.24) is 5.32 Å². The van der Waals surface area contributed by atoms with Crippen molar-refractivity contribution in [2.75, 3.05) is 27.9 Å². The molecule has 0 aliphatic carbocycles. The number of carbonyl (C=O) groups excluding carboxylic acids is 1. The summed E-state index contributed by atoms with van der Waals surface area (Å²) in [6, 6.07) is 12.3. The minimum Gasteiger partial charge on any atom is -0.493 e. The number of benzene rings is 2. The maximum atomic E-state index is 12.5. The van der Waals surface area contributed by atoms with Crippen LogP contribution in [0.1, 0.15) is 15.9 Å². The Balaban J connectivity index is 2.12. The van der Waals surface area contributed by atoms with E-state index in [9.17, 15) is 14.7 Å². The second-order valence-electron chi connectivity index (χ2n) is 5.85. The molecule has 0 radical (unpaired) electrons. The second-order valence-corrected chi connectivity index (χ2v) is 5.85. The van der Waals surface area contributed by atoms with Crippen molar-refractivity contribution in [2.45, 2.75) is 6.42 Å². The van der Waals surface area contributed by atoms with Crippen LogP contribution < -0.4 is 19.5 Å². The van der Waals surface area contributed by atoms with Gasteiger partial charge in [0.15, 0.2) is 11.5 Å². The molecule has 2 aromatic carbocycles. The van der Waals surface area contributed by atoms with Gasteiger partial charge in [-0.25, -0.2) is 0 Å². The lowest BCUT2D eigenvalue weighted by Crippen LogP contribution is -2.34. The summed E-state index contributed by atoms with van der Waals surface area (Å²) in [7, 11) is 4.39. The molecule has 0 fully saturated rings. The van der Waals surface area contributed by atoms with E-state index in [4.69, 9.17) is 14.2 Å². The minimum absolute atomic E-state index is 0.000277. The van der Waals surface area contributed by atoms with Gasteiger partial charge in [0.05, 0.1) is 27.2 Å². The number of rotatable bonds is 9. The van der Waals surface area contributed by atoms with Crippen LogP contribution >= 0.6 is 0 Å². The van der Waals surface area contributed by atoms with E-state index in [-0.39, 0.29) is 12.1 Å². The Kier molecular flexibility index (Phi) is 7.05. The number of ether oxygens (including phenoxy) is 3. The van der Waals surface area contributed by atoms with Gasteiger partial charge in [-0.3, -0.25) is 9.59 Å². The molecule has 0 aromatic heterocycles. The highest BCUT2D eigenvalue weighted by Crippen LogP contribution is 2.38. The van der Waals surface area contributed by atoms with Crippen LogP contribution in [-0.2, 0) is 11.2 Å². The van der Waals surface area contributed by atoms with Crippen LogP contribution in [0.25, 0.3) is 0 Å². The molecule has 0 aliphatic rings. The Labute approximate surface area is 157 Å². The molecule has 27 heavy (non-hydrogen) atoms. The Morgan fingerprint density at radius 3 is 2.07 bits per heavy atom. The zero-order valence-electron chi connectivity index (χ0n) is 15.5. The summed E-state index contributed by atoms with van der Waals surface area (Å²) in [6.45, 7) is -0.000277. The van der Waals surface area contributed by atoms with Gasteiger partial charge in [0, 0.05) is 12.1 Å². The van der Waals surface area contributed by atoms with Crippen LogP contribution in [0.15, 0.2) is 42.5 Å². The number of carboxylic acids is 1. The van der Waals surface area contributed by atoms with Crippen molar-refractivity contribution >= 4 is 11.9 Å². The van der Waals surface area contributed by atoms with Gasteiger partial charge in [-0.05, 0) is 24.1 Å². The third kappa shape index (κ3) is 5.13. The number of carboxylic acid groups (broad SMARTS) is 1. The summed E-state index contributed by atoms with van der Waals surface area (Å²) >= 11 is 0. The van der Waals surface area contributed by atoms with Crippen molar-refractivity contribution in [2.24, 2.45) is 5.92 Å². The van der Waals surface area contributed by atoms with E-state index < -0.39 is 17.8 Å². The molecule has 2 N–H and O–H groups in total. The van der Waals surface area contributed by atoms with Gasteiger partial charge in [-0.2, -0.15) is 0 Å². The molecule has 7 nitrogen and oxygen atoms in total. The summed E-state index contributed by atoms with van der Waals surface area (Å²) in [4.78, 5) is 24.0. The van der Waals surface area contributed by atoms with E-state index in [1.165, 1.54) is 33.5 Å². The zero-order chi connectivity index (χ0) is 19.8. The van der Waals surface area contributed by atoms with Gasteiger partial charge in [0.25, 0.3) is 5.91 Å². The van der Waals surface area contributed by atoms with Crippen LogP contribution in [0.4, 0.5) is 0 Å². The van der Waals surface area contributed by atoms with Gasteiger partial charge in [-0.1, -0.05) is 30.3 Å². The van der Waals surface area contributed by atoms with E-state index in [1.807, 2.05) is 30.3 Å². The topological polar surface area (TPSA) is 94.1 Å². The van der Waals surface area contributed by atoms with Crippen molar-refractivity contribution in [3.8, 4) is 17.2 Å². The molecule has 0 aliphatic heterocycles. The SMILES string of the molecule is COc1cc(C(=O)NCC(Cc2ccccc2)C(=O)O)cc(OC)c1OC. The van der Waals surface area contributed by atoms with Crippen molar-refractivity contribution in [3.63, 3.8) is 0 Å². The molecule has 144 valence electrons. The fourth-order valence-corrected chi connectivity index (χ4v) is 2.68. The first-order valence-corrected chi connectivity index (χ1v) is 8.35. The minimum atomic E-state index is -0.968. The van der Waals surface area contributed by atoms with Crippen LogP contribution in [0.5, 0.6) is 17.2 Å². The van der Waals surface area contributed by atoms with E-state index in [2.05, 4.69) is 5.32 Å². The highest BCUT2D eigenvalue weighted by molar-refractivity contribution is 5.95. The molecule has 0 heterocycles. The third-order valence-corrected chi connectivity index (χ3v) is 4.11. The number of amides is 1. The van der Waals surface area contributed by atoms with E-state index >= 15 is 0 Å². The lowest BCUT2D eigenvalue weighted by atomic mass is 9.99. The number of aliphatic carboxylic acids is 1. The highest BCUT2D eigenvalue weighted by Gasteiger charge is 2.21.